The highest BCUT2D eigenvalue weighted by molar-refractivity contribution is 7.08. The van der Waals surface area contributed by atoms with Crippen molar-refractivity contribution < 1.29 is 4.79 Å². The fourth-order valence-electron chi connectivity index (χ4n) is 1.34. The lowest BCUT2D eigenvalue weighted by molar-refractivity contribution is 0.102. The van der Waals surface area contributed by atoms with Crippen LogP contribution in [0, 0.1) is 0 Å². The Morgan fingerprint density at radius 1 is 1.25 bits per heavy atom. The van der Waals surface area contributed by atoms with Crippen molar-refractivity contribution in [3.8, 4) is 0 Å². The van der Waals surface area contributed by atoms with Gasteiger partial charge in [0.2, 0.25) is 0 Å². The second kappa shape index (κ2) is 4.78. The van der Waals surface area contributed by atoms with E-state index in [1.165, 1.54) is 11.3 Å². The van der Waals surface area contributed by atoms with Gasteiger partial charge in [-0.25, -0.2) is 0 Å². The summed E-state index contributed by atoms with van der Waals surface area (Å²) in [7, 11) is 0. The number of thiophene rings is 1. The number of hydrogen-bond donors (Lipinski definition) is 3. The smallest absolute Gasteiger partial charge is 0.257 e. The molecule has 82 valence electrons. The highest BCUT2D eigenvalue weighted by Gasteiger charge is 2.10. The number of anilines is 2. The summed E-state index contributed by atoms with van der Waals surface area (Å²) in [6.45, 7) is 0. The topological polar surface area (TPSA) is 67.1 Å². The van der Waals surface area contributed by atoms with Crippen molar-refractivity contribution in [3.05, 3.63) is 46.7 Å². The summed E-state index contributed by atoms with van der Waals surface area (Å²) in [5.41, 5.74) is 4.42. The van der Waals surface area contributed by atoms with Crippen LogP contribution in [0.4, 0.5) is 11.4 Å². The Labute approximate surface area is 97.1 Å². The number of amides is 1. The maximum absolute atomic E-state index is 11.9. The molecule has 2 rings (SSSR count). The summed E-state index contributed by atoms with van der Waals surface area (Å²) < 4.78 is 0. The minimum atomic E-state index is -0.174. The van der Waals surface area contributed by atoms with Gasteiger partial charge in [-0.1, -0.05) is 12.1 Å². The Hall–Kier alpha value is -1.85. The number of para-hydroxylation sites is 1. The summed E-state index contributed by atoms with van der Waals surface area (Å²) in [4.78, 5) is 11.9. The molecule has 5 heteroatoms. The Balaban J connectivity index is 2.21. The molecule has 1 heterocycles. The average molecular weight is 233 g/mol. The third-order valence-electron chi connectivity index (χ3n) is 2.11. The van der Waals surface area contributed by atoms with Gasteiger partial charge in [0.15, 0.2) is 0 Å². The number of nitrogen functional groups attached to an aromatic ring is 1. The van der Waals surface area contributed by atoms with Crippen LogP contribution in [0.15, 0.2) is 41.1 Å². The van der Waals surface area contributed by atoms with Gasteiger partial charge < -0.3 is 10.7 Å². The molecule has 0 aliphatic heterocycles. The largest absolute Gasteiger partial charge is 0.323 e. The first-order valence-electron chi connectivity index (χ1n) is 4.70. The summed E-state index contributed by atoms with van der Waals surface area (Å²) in [5, 5.41) is 6.57. The first kappa shape index (κ1) is 10.7. The number of carbonyl (C=O) groups excluding carboxylic acids is 1. The van der Waals surface area contributed by atoms with E-state index in [-0.39, 0.29) is 5.91 Å². The number of hydrazine groups is 1. The predicted octanol–water partition coefficient (Wildman–Crippen LogP) is 2.29. The summed E-state index contributed by atoms with van der Waals surface area (Å²) in [6.07, 6.45) is 0. The van der Waals surface area contributed by atoms with E-state index in [1.54, 1.807) is 18.2 Å². The number of nitrogens with two attached hydrogens (primary N) is 1. The highest BCUT2D eigenvalue weighted by Crippen LogP contribution is 2.17. The van der Waals surface area contributed by atoms with Crippen LogP contribution in [0.1, 0.15) is 10.4 Å². The molecule has 2 aromatic rings. The highest BCUT2D eigenvalue weighted by atomic mass is 32.1. The molecule has 0 unspecified atom stereocenters. The maximum atomic E-state index is 11.9. The third kappa shape index (κ3) is 2.21. The van der Waals surface area contributed by atoms with Crippen molar-refractivity contribution in [1.29, 1.82) is 0 Å². The van der Waals surface area contributed by atoms with Crippen LogP contribution in [0.5, 0.6) is 0 Å². The molecule has 4 N–H and O–H groups in total. The summed E-state index contributed by atoms with van der Waals surface area (Å²) in [5.74, 6) is 5.16. The zero-order valence-corrected chi connectivity index (χ0v) is 9.25. The molecule has 0 aliphatic carbocycles. The van der Waals surface area contributed by atoms with Gasteiger partial charge in [0.25, 0.3) is 5.91 Å². The normalized spacial score (nSPS) is 9.81. The van der Waals surface area contributed by atoms with Gasteiger partial charge in [-0.15, -0.1) is 0 Å². The van der Waals surface area contributed by atoms with Crippen LogP contribution in [-0.2, 0) is 0 Å². The van der Waals surface area contributed by atoms with E-state index >= 15 is 0 Å². The van der Waals surface area contributed by atoms with Gasteiger partial charge in [-0.3, -0.25) is 10.6 Å². The third-order valence-corrected chi connectivity index (χ3v) is 2.79. The van der Waals surface area contributed by atoms with Crippen LogP contribution in [0.3, 0.4) is 0 Å². The molecule has 1 aromatic carbocycles. The van der Waals surface area contributed by atoms with Crippen molar-refractivity contribution in [2.45, 2.75) is 0 Å². The van der Waals surface area contributed by atoms with Gasteiger partial charge >= 0.3 is 0 Å². The number of benzene rings is 1. The molecule has 0 bridgehead atoms. The number of carbonyl (C=O) groups is 1. The zero-order valence-electron chi connectivity index (χ0n) is 8.44. The molecular formula is C11H11N3OS. The summed E-state index contributed by atoms with van der Waals surface area (Å²) >= 11 is 1.53. The lowest BCUT2D eigenvalue weighted by Crippen LogP contribution is -2.16. The van der Waals surface area contributed by atoms with Crippen molar-refractivity contribution in [1.82, 2.24) is 0 Å². The van der Waals surface area contributed by atoms with Crippen molar-refractivity contribution >= 4 is 28.6 Å². The quantitative estimate of drug-likeness (QED) is 0.563. The Kier molecular flexibility index (Phi) is 3.19. The molecule has 1 amide bonds. The SMILES string of the molecule is NNc1ccccc1C(=O)Nc1ccsc1. The van der Waals surface area contributed by atoms with Crippen molar-refractivity contribution in [2.75, 3.05) is 10.7 Å². The van der Waals surface area contributed by atoms with E-state index in [0.717, 1.165) is 5.69 Å². The van der Waals surface area contributed by atoms with E-state index in [9.17, 15) is 4.79 Å². The molecule has 0 radical (unpaired) electrons. The predicted molar refractivity (Wildman–Crippen MR) is 66.5 cm³/mol. The lowest BCUT2D eigenvalue weighted by atomic mass is 10.1. The molecule has 1 aromatic heterocycles. The van der Waals surface area contributed by atoms with Gasteiger partial charge in [-0.05, 0) is 23.6 Å². The van der Waals surface area contributed by atoms with E-state index in [2.05, 4.69) is 10.7 Å². The first-order chi connectivity index (χ1) is 7.81. The van der Waals surface area contributed by atoms with Crippen LogP contribution < -0.4 is 16.6 Å². The van der Waals surface area contributed by atoms with Gasteiger partial charge in [-0.2, -0.15) is 11.3 Å². The monoisotopic (exact) mass is 233 g/mol. The van der Waals surface area contributed by atoms with Crippen molar-refractivity contribution in [3.63, 3.8) is 0 Å². The number of rotatable bonds is 3. The molecular weight excluding hydrogens is 222 g/mol. The first-order valence-corrected chi connectivity index (χ1v) is 5.65. The standard InChI is InChI=1S/C11H11N3OS/c12-14-10-4-2-1-3-9(10)11(15)13-8-5-6-16-7-8/h1-7,14H,12H2,(H,13,15). The Morgan fingerprint density at radius 3 is 2.75 bits per heavy atom. The van der Waals surface area contributed by atoms with E-state index < -0.39 is 0 Å². The minimum absolute atomic E-state index is 0.174. The van der Waals surface area contributed by atoms with Crippen LogP contribution in [0.2, 0.25) is 0 Å². The number of hydrogen-bond acceptors (Lipinski definition) is 4. The minimum Gasteiger partial charge on any atom is -0.323 e. The Morgan fingerprint density at radius 2 is 2.06 bits per heavy atom. The molecule has 0 atom stereocenters. The molecule has 0 aliphatic rings. The second-order valence-electron chi connectivity index (χ2n) is 3.16. The maximum Gasteiger partial charge on any atom is 0.257 e. The molecule has 0 saturated heterocycles. The molecule has 0 fully saturated rings. The molecule has 16 heavy (non-hydrogen) atoms. The zero-order chi connectivity index (χ0) is 11.4. The van der Waals surface area contributed by atoms with Crippen molar-refractivity contribution in [2.24, 2.45) is 5.84 Å². The lowest BCUT2D eigenvalue weighted by Gasteiger charge is -2.08. The second-order valence-corrected chi connectivity index (χ2v) is 3.94. The van der Waals surface area contributed by atoms with Crippen LogP contribution in [0.25, 0.3) is 0 Å². The van der Waals surface area contributed by atoms with Gasteiger partial charge in [0.1, 0.15) is 0 Å². The average Bonchev–Trinajstić information content (AvgIpc) is 2.81. The van der Waals surface area contributed by atoms with E-state index in [1.807, 2.05) is 22.9 Å². The fourth-order valence-corrected chi connectivity index (χ4v) is 1.93. The Bertz CT molecular complexity index is 482. The summed E-state index contributed by atoms with van der Waals surface area (Å²) in [6, 6.07) is 8.93. The van der Waals surface area contributed by atoms with Crippen LogP contribution >= 0.6 is 11.3 Å². The molecule has 0 saturated carbocycles. The van der Waals surface area contributed by atoms with E-state index in [0.29, 0.717) is 11.3 Å². The molecule has 0 spiro atoms. The van der Waals surface area contributed by atoms with Gasteiger partial charge in [0.05, 0.1) is 16.9 Å². The molecule has 4 nitrogen and oxygen atoms in total. The van der Waals surface area contributed by atoms with Gasteiger partial charge in [0, 0.05) is 5.38 Å². The van der Waals surface area contributed by atoms with Crippen LogP contribution in [-0.4, -0.2) is 5.91 Å². The van der Waals surface area contributed by atoms with E-state index in [4.69, 9.17) is 5.84 Å². The fraction of sp³-hybridized carbons (Fsp3) is 0. The number of nitrogens with one attached hydrogen (secondary N) is 2.